The molecule has 1 aliphatic heterocycles. The Morgan fingerprint density at radius 1 is 1.57 bits per heavy atom. The third-order valence-electron chi connectivity index (χ3n) is 3.22. The zero-order valence-corrected chi connectivity index (χ0v) is 13.8. The van der Waals surface area contributed by atoms with E-state index in [9.17, 15) is 18.0 Å². The van der Waals surface area contributed by atoms with Crippen molar-refractivity contribution in [1.82, 2.24) is 0 Å². The number of hydrogen-bond donors (Lipinski definition) is 0. The van der Waals surface area contributed by atoms with Gasteiger partial charge in [-0.05, 0) is 17.9 Å². The first-order valence-corrected chi connectivity index (χ1v) is 9.48. The molecule has 1 aliphatic rings. The summed E-state index contributed by atoms with van der Waals surface area (Å²) in [6.07, 6.45) is 0.0991. The molecule has 1 atom stereocenters. The number of aryl methyl sites for hydroxylation is 1. The van der Waals surface area contributed by atoms with Gasteiger partial charge >= 0.3 is 5.97 Å². The van der Waals surface area contributed by atoms with Gasteiger partial charge in [0, 0.05) is 29.6 Å². The summed E-state index contributed by atoms with van der Waals surface area (Å²) < 4.78 is 27.0. The average Bonchev–Trinajstić information content (AvgIpc) is 2.89. The first-order valence-electron chi connectivity index (χ1n) is 6.12. The maximum Gasteiger partial charge on any atom is 0.350 e. The Morgan fingerprint density at radius 3 is 2.81 bits per heavy atom. The van der Waals surface area contributed by atoms with Crippen LogP contribution >= 0.6 is 22.0 Å². The second-order valence-electron chi connectivity index (χ2n) is 4.87. The molecule has 9 heteroatoms. The number of esters is 1. The Bertz CT molecular complexity index is 682. The van der Waals surface area contributed by atoms with Gasteiger partial charge in [0.25, 0.3) is 0 Å². The second kappa shape index (κ2) is 5.94. The predicted octanol–water partition coefficient (Wildman–Crippen LogP) is 1.76. The zero-order valence-electron chi connectivity index (χ0n) is 11.5. The summed E-state index contributed by atoms with van der Waals surface area (Å²) in [6.45, 7) is 2.02. The van der Waals surface area contributed by atoms with Crippen LogP contribution in [0.5, 0.6) is 0 Å². The Kier molecular flexibility index (Phi) is 4.60. The van der Waals surface area contributed by atoms with Crippen LogP contribution in [-0.2, 0) is 18.6 Å². The minimum Gasteiger partial charge on any atom is -0.465 e. The van der Waals surface area contributed by atoms with Gasteiger partial charge in [-0.3, -0.25) is 4.79 Å². The molecule has 1 aromatic rings. The third kappa shape index (κ3) is 3.56. The van der Waals surface area contributed by atoms with Gasteiger partial charge in [0.15, 0.2) is 0 Å². The highest BCUT2D eigenvalue weighted by atomic mass is 35.7. The molecule has 0 aliphatic carbocycles. The summed E-state index contributed by atoms with van der Waals surface area (Å²) in [5.41, 5.74) is 1.29. The largest absolute Gasteiger partial charge is 0.465 e. The Labute approximate surface area is 131 Å². The number of ether oxygens (including phenoxy) is 1. The van der Waals surface area contributed by atoms with Gasteiger partial charge in [-0.1, -0.05) is 0 Å². The number of carbonyl (C=O) groups is 2. The number of amides is 1. The lowest BCUT2D eigenvalue weighted by molar-refractivity contribution is -0.117. The SMILES string of the molecule is COC(=O)c1scc(C)c1N1CC(CS(=O)(=O)Cl)CC1=O. The smallest absolute Gasteiger partial charge is 0.350 e. The molecule has 1 amide bonds. The quantitative estimate of drug-likeness (QED) is 0.610. The van der Waals surface area contributed by atoms with E-state index in [-0.39, 0.29) is 30.5 Å². The van der Waals surface area contributed by atoms with Gasteiger partial charge < -0.3 is 9.64 Å². The summed E-state index contributed by atoms with van der Waals surface area (Å²) in [4.78, 5) is 25.7. The monoisotopic (exact) mass is 351 g/mol. The lowest BCUT2D eigenvalue weighted by Gasteiger charge is -2.18. The van der Waals surface area contributed by atoms with Crippen LogP contribution in [0.25, 0.3) is 0 Å². The molecule has 0 spiro atoms. The van der Waals surface area contributed by atoms with Crippen molar-refractivity contribution in [3.05, 3.63) is 15.8 Å². The fourth-order valence-corrected chi connectivity index (χ4v) is 4.69. The number of carbonyl (C=O) groups excluding carboxylic acids is 2. The molecule has 1 saturated heterocycles. The van der Waals surface area contributed by atoms with Crippen molar-refractivity contribution in [1.29, 1.82) is 0 Å². The first-order chi connectivity index (χ1) is 9.73. The number of halogens is 1. The summed E-state index contributed by atoms with van der Waals surface area (Å²) >= 11 is 1.20. The maximum absolute atomic E-state index is 12.1. The molecule has 0 radical (unpaired) electrons. The summed E-state index contributed by atoms with van der Waals surface area (Å²) in [5, 5.41) is 1.76. The maximum atomic E-state index is 12.1. The normalized spacial score (nSPS) is 19.1. The van der Waals surface area contributed by atoms with Crippen LogP contribution in [0.2, 0.25) is 0 Å². The minimum absolute atomic E-state index is 0.0991. The molecular formula is C12H14ClNO5S2. The number of nitrogens with zero attached hydrogens (tertiary/aromatic N) is 1. The topological polar surface area (TPSA) is 80.8 Å². The van der Waals surface area contributed by atoms with E-state index in [1.165, 1.54) is 23.3 Å². The van der Waals surface area contributed by atoms with Crippen LogP contribution < -0.4 is 4.90 Å². The van der Waals surface area contributed by atoms with Crippen molar-refractivity contribution in [2.45, 2.75) is 13.3 Å². The van der Waals surface area contributed by atoms with Crippen LogP contribution in [0.15, 0.2) is 5.38 Å². The molecule has 1 fully saturated rings. The highest BCUT2D eigenvalue weighted by Crippen LogP contribution is 2.36. The molecule has 0 aromatic carbocycles. The van der Waals surface area contributed by atoms with E-state index in [2.05, 4.69) is 0 Å². The molecule has 0 saturated carbocycles. The summed E-state index contributed by atoms with van der Waals surface area (Å²) in [6, 6.07) is 0. The third-order valence-corrected chi connectivity index (χ3v) is 5.54. The Balaban J connectivity index is 2.29. The number of methoxy groups -OCH3 is 1. The van der Waals surface area contributed by atoms with Gasteiger partial charge in [0.1, 0.15) is 4.88 Å². The fourth-order valence-electron chi connectivity index (χ4n) is 2.40. The van der Waals surface area contributed by atoms with Crippen LogP contribution in [0.4, 0.5) is 5.69 Å². The number of hydrogen-bond acceptors (Lipinski definition) is 6. The first kappa shape index (κ1) is 16.3. The van der Waals surface area contributed by atoms with Crippen molar-refractivity contribution in [3.8, 4) is 0 Å². The molecule has 21 heavy (non-hydrogen) atoms. The van der Waals surface area contributed by atoms with E-state index in [0.29, 0.717) is 10.6 Å². The van der Waals surface area contributed by atoms with Crippen molar-refractivity contribution in [2.24, 2.45) is 5.92 Å². The molecule has 0 N–H and O–H groups in total. The molecular weight excluding hydrogens is 338 g/mol. The van der Waals surface area contributed by atoms with E-state index in [4.69, 9.17) is 15.4 Å². The molecule has 0 bridgehead atoms. The van der Waals surface area contributed by atoms with Crippen LogP contribution in [0.1, 0.15) is 21.7 Å². The van der Waals surface area contributed by atoms with Crippen LogP contribution in [0, 0.1) is 12.8 Å². The standard InChI is InChI=1S/C12H14ClNO5S2/c1-7-5-20-11(12(16)19-2)10(7)14-4-8(3-9(14)15)6-21(13,17)18/h5,8H,3-4,6H2,1-2H3. The van der Waals surface area contributed by atoms with Crippen LogP contribution in [0.3, 0.4) is 0 Å². The van der Waals surface area contributed by atoms with E-state index < -0.39 is 15.0 Å². The highest BCUT2D eigenvalue weighted by molar-refractivity contribution is 8.13. The van der Waals surface area contributed by atoms with Gasteiger partial charge in [-0.15, -0.1) is 11.3 Å². The molecule has 2 heterocycles. The summed E-state index contributed by atoms with van der Waals surface area (Å²) in [7, 11) is 2.85. The number of thiophene rings is 1. The van der Waals surface area contributed by atoms with Crippen molar-refractivity contribution in [3.63, 3.8) is 0 Å². The lowest BCUT2D eigenvalue weighted by Crippen LogP contribution is -2.27. The van der Waals surface area contributed by atoms with Gasteiger partial charge in [0.2, 0.25) is 15.0 Å². The van der Waals surface area contributed by atoms with E-state index in [1.807, 2.05) is 0 Å². The zero-order chi connectivity index (χ0) is 15.8. The lowest BCUT2D eigenvalue weighted by atomic mass is 10.1. The number of anilines is 1. The molecule has 2 rings (SSSR count). The van der Waals surface area contributed by atoms with Crippen molar-refractivity contribution < 1.29 is 22.7 Å². The summed E-state index contributed by atoms with van der Waals surface area (Å²) in [5.74, 6) is -1.35. The molecule has 6 nitrogen and oxygen atoms in total. The highest BCUT2D eigenvalue weighted by Gasteiger charge is 2.36. The predicted molar refractivity (Wildman–Crippen MR) is 80.5 cm³/mol. The Morgan fingerprint density at radius 2 is 2.24 bits per heavy atom. The fraction of sp³-hybridized carbons (Fsp3) is 0.500. The average molecular weight is 352 g/mol. The van der Waals surface area contributed by atoms with Crippen molar-refractivity contribution in [2.75, 3.05) is 24.3 Å². The molecule has 116 valence electrons. The Hall–Kier alpha value is -1.12. The van der Waals surface area contributed by atoms with Crippen molar-refractivity contribution >= 4 is 48.6 Å². The van der Waals surface area contributed by atoms with E-state index in [1.54, 1.807) is 12.3 Å². The van der Waals surface area contributed by atoms with E-state index >= 15 is 0 Å². The van der Waals surface area contributed by atoms with E-state index in [0.717, 1.165) is 5.56 Å². The molecule has 1 aromatic heterocycles. The number of rotatable bonds is 4. The van der Waals surface area contributed by atoms with Gasteiger partial charge in [-0.25, -0.2) is 13.2 Å². The second-order valence-corrected chi connectivity index (χ2v) is 8.57. The minimum atomic E-state index is -3.66. The van der Waals surface area contributed by atoms with Gasteiger partial charge in [0.05, 0.1) is 18.6 Å². The molecule has 1 unspecified atom stereocenters. The van der Waals surface area contributed by atoms with Crippen LogP contribution in [-0.4, -0.2) is 39.7 Å². The van der Waals surface area contributed by atoms with Gasteiger partial charge in [-0.2, -0.15) is 0 Å².